The first-order chi connectivity index (χ1) is 14.2. The van der Waals surface area contributed by atoms with Crippen LogP contribution in [-0.2, 0) is 6.42 Å². The van der Waals surface area contributed by atoms with Gasteiger partial charge in [-0.1, -0.05) is 69.0 Å². The minimum Gasteiger partial charge on any atom is -0.206 e. The van der Waals surface area contributed by atoms with Crippen LogP contribution < -0.4 is 0 Å². The molecule has 0 spiro atoms. The van der Waals surface area contributed by atoms with Crippen molar-refractivity contribution in [3.63, 3.8) is 0 Å². The number of unbranched alkanes of at least 4 members (excludes halogenated alkanes) is 1. The van der Waals surface area contributed by atoms with Gasteiger partial charge < -0.3 is 0 Å². The number of allylic oxidation sites excluding steroid dienone is 1. The first-order valence-electron chi connectivity index (χ1n) is 12.0. The van der Waals surface area contributed by atoms with Gasteiger partial charge in [-0.25, -0.2) is 4.39 Å². The van der Waals surface area contributed by atoms with Crippen molar-refractivity contribution in [2.45, 2.75) is 83.5 Å². The van der Waals surface area contributed by atoms with E-state index in [2.05, 4.69) is 31.7 Å². The van der Waals surface area contributed by atoms with Gasteiger partial charge in [-0.05, 0) is 85.1 Å². The Bertz CT molecular complexity index is 836. The number of hydrogen-bond acceptors (Lipinski definition) is 0. The molecule has 0 aromatic heterocycles. The fourth-order valence-corrected chi connectivity index (χ4v) is 6.10. The normalized spacial score (nSPS) is 27.0. The van der Waals surface area contributed by atoms with Gasteiger partial charge in [0.05, 0.1) is 0 Å². The molecule has 2 aliphatic rings. The molecule has 2 aromatic carbocycles. The number of rotatable bonds is 7. The van der Waals surface area contributed by atoms with Gasteiger partial charge in [0.15, 0.2) is 0 Å². The lowest BCUT2D eigenvalue weighted by molar-refractivity contribution is 0.113. The minimum absolute atomic E-state index is 0.0370. The van der Waals surface area contributed by atoms with Crippen LogP contribution >= 0.6 is 0 Å². The number of benzene rings is 2. The Morgan fingerprint density at radius 1 is 1.03 bits per heavy atom. The van der Waals surface area contributed by atoms with Crippen molar-refractivity contribution in [2.75, 3.05) is 0 Å². The molecule has 4 atom stereocenters. The molecule has 4 unspecified atom stereocenters. The predicted octanol–water partition coefficient (Wildman–Crippen LogP) is 8.59. The average Bonchev–Trinajstić information content (AvgIpc) is 2.76. The van der Waals surface area contributed by atoms with Crippen molar-refractivity contribution in [2.24, 2.45) is 17.8 Å². The summed E-state index contributed by atoms with van der Waals surface area (Å²) in [7, 11) is 0. The van der Waals surface area contributed by atoms with Gasteiger partial charge in [0.2, 0.25) is 0 Å². The Morgan fingerprint density at radius 3 is 2.69 bits per heavy atom. The van der Waals surface area contributed by atoms with E-state index in [4.69, 9.17) is 0 Å². The highest BCUT2D eigenvalue weighted by atomic mass is 19.1. The van der Waals surface area contributed by atoms with E-state index < -0.39 is 0 Å². The van der Waals surface area contributed by atoms with Crippen LogP contribution in [-0.4, -0.2) is 0 Å². The van der Waals surface area contributed by atoms with Crippen LogP contribution in [0, 0.1) is 23.6 Å². The van der Waals surface area contributed by atoms with Crippen molar-refractivity contribution in [1.29, 1.82) is 0 Å². The van der Waals surface area contributed by atoms with Crippen molar-refractivity contribution >= 4 is 10.8 Å². The second-order valence-electron chi connectivity index (χ2n) is 9.70. The van der Waals surface area contributed by atoms with Crippen molar-refractivity contribution in [3.8, 4) is 0 Å². The maximum Gasteiger partial charge on any atom is 0.134 e. The fourth-order valence-electron chi connectivity index (χ4n) is 6.10. The van der Waals surface area contributed by atoms with Crippen molar-refractivity contribution in [1.82, 2.24) is 0 Å². The fraction of sp³-hybridized carbons (Fsp3) is 0.571. The van der Waals surface area contributed by atoms with Gasteiger partial charge in [-0.2, -0.15) is 0 Å². The molecule has 0 saturated heterocycles. The molecular weight excluding hydrogens is 355 g/mol. The molecule has 2 fully saturated rings. The Labute approximate surface area is 176 Å². The van der Waals surface area contributed by atoms with E-state index in [-0.39, 0.29) is 5.82 Å². The zero-order chi connectivity index (χ0) is 20.2. The lowest BCUT2D eigenvalue weighted by Gasteiger charge is -2.42. The van der Waals surface area contributed by atoms with E-state index >= 15 is 0 Å². The van der Waals surface area contributed by atoms with E-state index in [0.717, 1.165) is 46.9 Å². The monoisotopic (exact) mass is 392 g/mol. The topological polar surface area (TPSA) is 0 Å². The lowest BCUT2D eigenvalue weighted by atomic mass is 9.63. The SMILES string of the molecule is C=CCCc1ccc2cc(C3CCC4CC(CCCC)CCC4C3)ccc2c1F. The van der Waals surface area contributed by atoms with E-state index in [0.29, 0.717) is 5.92 Å². The van der Waals surface area contributed by atoms with Crippen LogP contribution in [0.2, 0.25) is 0 Å². The van der Waals surface area contributed by atoms with Gasteiger partial charge in [-0.3, -0.25) is 0 Å². The number of fused-ring (bicyclic) bond motifs is 2. The molecule has 156 valence electrons. The maximum atomic E-state index is 14.9. The molecule has 2 saturated carbocycles. The summed E-state index contributed by atoms with van der Waals surface area (Å²) in [6, 6.07) is 10.6. The maximum absolute atomic E-state index is 14.9. The highest BCUT2D eigenvalue weighted by Gasteiger charge is 2.35. The molecule has 29 heavy (non-hydrogen) atoms. The Kier molecular flexibility index (Phi) is 6.73. The van der Waals surface area contributed by atoms with Crippen molar-refractivity contribution < 1.29 is 4.39 Å². The van der Waals surface area contributed by atoms with E-state index in [1.165, 1.54) is 63.4 Å². The van der Waals surface area contributed by atoms with Gasteiger partial charge in [0, 0.05) is 5.39 Å². The molecule has 0 aliphatic heterocycles. The Hall–Kier alpha value is -1.63. The zero-order valence-corrected chi connectivity index (χ0v) is 18.1. The molecule has 0 heterocycles. The summed E-state index contributed by atoms with van der Waals surface area (Å²) in [5.41, 5.74) is 2.24. The standard InChI is InChI=1S/C28H37F/c1-3-5-7-20-9-10-23-18-24(13-12-22(23)17-20)25-15-16-27-26(19-25)14-11-21(28(27)29)8-6-4-2/h4,11,14-16,19-20,22-24H,2-3,5-10,12-13,17-18H2,1H3. The summed E-state index contributed by atoms with van der Waals surface area (Å²) in [5, 5.41) is 1.84. The number of hydrogen-bond donors (Lipinski definition) is 0. The zero-order valence-electron chi connectivity index (χ0n) is 18.1. The van der Waals surface area contributed by atoms with E-state index in [1.54, 1.807) is 0 Å². The highest BCUT2D eigenvalue weighted by Crippen LogP contribution is 2.48. The number of aryl methyl sites for hydroxylation is 1. The van der Waals surface area contributed by atoms with Gasteiger partial charge in [-0.15, -0.1) is 6.58 Å². The van der Waals surface area contributed by atoms with Crippen LogP contribution in [0.4, 0.5) is 4.39 Å². The molecule has 0 radical (unpaired) electrons. The van der Waals surface area contributed by atoms with E-state index in [1.807, 2.05) is 18.2 Å². The second-order valence-corrected chi connectivity index (χ2v) is 9.70. The smallest absolute Gasteiger partial charge is 0.134 e. The van der Waals surface area contributed by atoms with Gasteiger partial charge in [0.25, 0.3) is 0 Å². The molecule has 0 amide bonds. The predicted molar refractivity (Wildman–Crippen MR) is 123 cm³/mol. The van der Waals surface area contributed by atoms with Crippen LogP contribution in [0.1, 0.15) is 88.2 Å². The highest BCUT2D eigenvalue weighted by molar-refractivity contribution is 5.84. The average molecular weight is 393 g/mol. The number of halogens is 1. The summed E-state index contributed by atoms with van der Waals surface area (Å²) in [4.78, 5) is 0. The first-order valence-corrected chi connectivity index (χ1v) is 12.0. The first kappa shape index (κ1) is 20.6. The summed E-state index contributed by atoms with van der Waals surface area (Å²) in [6.07, 6.45) is 16.0. The van der Waals surface area contributed by atoms with Crippen molar-refractivity contribution in [3.05, 3.63) is 59.9 Å². The molecule has 0 bridgehead atoms. The van der Waals surface area contributed by atoms with Gasteiger partial charge in [0.1, 0.15) is 5.82 Å². The molecule has 0 N–H and O–H groups in total. The Balaban J connectivity index is 1.45. The van der Waals surface area contributed by atoms with Gasteiger partial charge >= 0.3 is 0 Å². The summed E-state index contributed by atoms with van der Waals surface area (Å²) >= 11 is 0. The summed E-state index contributed by atoms with van der Waals surface area (Å²) in [6.45, 7) is 6.07. The third-order valence-corrected chi connectivity index (χ3v) is 7.83. The van der Waals surface area contributed by atoms with Crippen LogP contribution in [0.25, 0.3) is 10.8 Å². The molecule has 1 heteroatoms. The molecule has 0 nitrogen and oxygen atoms in total. The third-order valence-electron chi connectivity index (χ3n) is 7.83. The molecule has 2 aromatic rings. The lowest BCUT2D eigenvalue weighted by Crippen LogP contribution is -2.30. The third kappa shape index (κ3) is 4.60. The van der Waals surface area contributed by atoms with Crippen LogP contribution in [0.15, 0.2) is 43.0 Å². The Morgan fingerprint density at radius 2 is 1.86 bits per heavy atom. The molecule has 2 aliphatic carbocycles. The second kappa shape index (κ2) is 9.45. The summed E-state index contributed by atoms with van der Waals surface area (Å²) in [5.74, 6) is 3.50. The largest absolute Gasteiger partial charge is 0.206 e. The van der Waals surface area contributed by atoms with Crippen LogP contribution in [0.5, 0.6) is 0 Å². The van der Waals surface area contributed by atoms with E-state index in [9.17, 15) is 4.39 Å². The quantitative estimate of drug-likeness (QED) is 0.414. The molecule has 4 rings (SSSR count). The molecular formula is C28H37F. The minimum atomic E-state index is -0.0370. The summed E-state index contributed by atoms with van der Waals surface area (Å²) < 4.78 is 14.9. The van der Waals surface area contributed by atoms with Crippen LogP contribution in [0.3, 0.4) is 0 Å².